The number of hydrogen-bond donors (Lipinski definition) is 2. The molecule has 0 saturated heterocycles. The maximum absolute atomic E-state index is 13.0. The molecule has 0 aromatic heterocycles. The lowest BCUT2D eigenvalue weighted by Gasteiger charge is -2.60. The Labute approximate surface area is 150 Å². The third-order valence-corrected chi connectivity index (χ3v) is 8.14. The molecule has 3 aliphatic rings. The molecular formula is C20H32O5. The highest BCUT2D eigenvalue weighted by atomic mass is 16.6. The van der Waals surface area contributed by atoms with Crippen molar-refractivity contribution in [2.75, 3.05) is 6.61 Å². The van der Waals surface area contributed by atoms with Crippen LogP contribution in [0.3, 0.4) is 0 Å². The first kappa shape index (κ1) is 18.8. The smallest absolute Gasteiger partial charge is 0.332 e. The summed E-state index contributed by atoms with van der Waals surface area (Å²) >= 11 is 0. The highest BCUT2D eigenvalue weighted by Crippen LogP contribution is 2.66. The molecule has 8 atom stereocenters. The Bertz CT molecular complexity index is 560. The lowest BCUT2D eigenvalue weighted by atomic mass is 9.45. The first-order valence-electron chi connectivity index (χ1n) is 9.69. The van der Waals surface area contributed by atoms with E-state index < -0.39 is 30.2 Å². The zero-order valence-electron chi connectivity index (χ0n) is 15.8. The fourth-order valence-corrected chi connectivity index (χ4v) is 6.44. The number of carbonyl (C=O) groups excluding carboxylic acids is 2. The average molecular weight is 352 g/mol. The normalized spacial score (nSPS) is 49.9. The van der Waals surface area contributed by atoms with Crippen LogP contribution in [0.25, 0.3) is 0 Å². The van der Waals surface area contributed by atoms with Gasteiger partial charge in [-0.15, -0.1) is 0 Å². The summed E-state index contributed by atoms with van der Waals surface area (Å²) in [5, 5.41) is 20.1. The average Bonchev–Trinajstić information content (AvgIpc) is 2.94. The molecule has 3 saturated carbocycles. The van der Waals surface area contributed by atoms with E-state index in [9.17, 15) is 19.8 Å². The van der Waals surface area contributed by atoms with Gasteiger partial charge in [-0.05, 0) is 48.9 Å². The highest BCUT2D eigenvalue weighted by Gasteiger charge is 2.66. The number of rotatable bonds is 2. The van der Waals surface area contributed by atoms with Crippen molar-refractivity contribution in [1.29, 1.82) is 0 Å². The molecular weight excluding hydrogens is 320 g/mol. The molecule has 0 aromatic rings. The Hall–Kier alpha value is -0.940. The molecule has 8 unspecified atom stereocenters. The zero-order valence-corrected chi connectivity index (χ0v) is 15.8. The summed E-state index contributed by atoms with van der Waals surface area (Å²) in [7, 11) is 0. The minimum absolute atomic E-state index is 0.0235. The van der Waals surface area contributed by atoms with E-state index in [2.05, 4.69) is 20.8 Å². The molecule has 2 bridgehead atoms. The van der Waals surface area contributed by atoms with E-state index in [-0.39, 0.29) is 34.9 Å². The zero-order chi connectivity index (χ0) is 18.6. The second kappa shape index (κ2) is 6.34. The minimum Gasteiger partial charge on any atom is -0.460 e. The molecule has 0 aromatic carbocycles. The summed E-state index contributed by atoms with van der Waals surface area (Å²) in [6.45, 7) is 7.70. The molecule has 142 valence electrons. The number of esters is 1. The molecule has 0 aliphatic heterocycles. The van der Waals surface area contributed by atoms with Gasteiger partial charge in [-0.1, -0.05) is 27.7 Å². The number of ketones is 1. The SMILES string of the molecule is CC1CC(OC(=O)CO)C2(C)C(C)CCC3(CCC(=O)C32)C(C)C1O. The summed E-state index contributed by atoms with van der Waals surface area (Å²) in [6.07, 6.45) is 2.86. The number of hydrogen-bond acceptors (Lipinski definition) is 5. The van der Waals surface area contributed by atoms with E-state index in [1.54, 1.807) is 0 Å². The topological polar surface area (TPSA) is 83.8 Å². The van der Waals surface area contributed by atoms with Crippen LogP contribution in [-0.2, 0) is 14.3 Å². The van der Waals surface area contributed by atoms with Gasteiger partial charge in [-0.3, -0.25) is 4.79 Å². The lowest BCUT2D eigenvalue weighted by molar-refractivity contribution is -0.201. The molecule has 25 heavy (non-hydrogen) atoms. The third kappa shape index (κ3) is 2.57. The molecule has 3 aliphatic carbocycles. The first-order chi connectivity index (χ1) is 11.7. The largest absolute Gasteiger partial charge is 0.460 e. The molecule has 5 nitrogen and oxygen atoms in total. The van der Waals surface area contributed by atoms with Crippen molar-refractivity contribution >= 4 is 11.8 Å². The van der Waals surface area contributed by atoms with Crippen LogP contribution < -0.4 is 0 Å². The van der Waals surface area contributed by atoms with Gasteiger partial charge in [0.2, 0.25) is 0 Å². The minimum atomic E-state index is -0.655. The van der Waals surface area contributed by atoms with Gasteiger partial charge in [0, 0.05) is 17.8 Å². The summed E-state index contributed by atoms with van der Waals surface area (Å²) in [5.41, 5.74) is -0.643. The van der Waals surface area contributed by atoms with Gasteiger partial charge in [0.1, 0.15) is 18.5 Å². The van der Waals surface area contributed by atoms with E-state index in [1.165, 1.54) is 0 Å². The van der Waals surface area contributed by atoms with E-state index in [4.69, 9.17) is 4.74 Å². The Morgan fingerprint density at radius 1 is 1.28 bits per heavy atom. The molecule has 2 N–H and O–H groups in total. The van der Waals surface area contributed by atoms with E-state index in [0.717, 1.165) is 19.3 Å². The molecule has 3 fully saturated rings. The van der Waals surface area contributed by atoms with Crippen LogP contribution in [0.2, 0.25) is 0 Å². The first-order valence-corrected chi connectivity index (χ1v) is 9.69. The summed E-state index contributed by atoms with van der Waals surface area (Å²) in [4.78, 5) is 24.9. The maximum atomic E-state index is 13.0. The second-order valence-electron chi connectivity index (χ2n) is 9.07. The van der Waals surface area contributed by atoms with Gasteiger partial charge in [-0.25, -0.2) is 4.79 Å². The van der Waals surface area contributed by atoms with Crippen molar-refractivity contribution in [3.8, 4) is 0 Å². The van der Waals surface area contributed by atoms with Gasteiger partial charge in [0.25, 0.3) is 0 Å². The van der Waals surface area contributed by atoms with Crippen LogP contribution in [0.5, 0.6) is 0 Å². The van der Waals surface area contributed by atoms with Crippen molar-refractivity contribution in [3.05, 3.63) is 0 Å². The molecule has 0 radical (unpaired) electrons. The second-order valence-corrected chi connectivity index (χ2v) is 9.07. The van der Waals surface area contributed by atoms with Crippen LogP contribution in [-0.4, -0.2) is 40.8 Å². The monoisotopic (exact) mass is 352 g/mol. The van der Waals surface area contributed by atoms with E-state index >= 15 is 0 Å². The van der Waals surface area contributed by atoms with Crippen molar-refractivity contribution < 1.29 is 24.5 Å². The van der Waals surface area contributed by atoms with Crippen LogP contribution >= 0.6 is 0 Å². The fraction of sp³-hybridized carbons (Fsp3) is 0.900. The van der Waals surface area contributed by atoms with Gasteiger partial charge in [0.05, 0.1) is 6.10 Å². The van der Waals surface area contributed by atoms with Crippen molar-refractivity contribution in [2.45, 2.75) is 72.0 Å². The molecule has 0 heterocycles. The van der Waals surface area contributed by atoms with E-state index in [1.807, 2.05) is 6.92 Å². The Kier molecular flexibility index (Phi) is 4.78. The van der Waals surface area contributed by atoms with Crippen LogP contribution in [0.4, 0.5) is 0 Å². The quantitative estimate of drug-likeness (QED) is 0.745. The van der Waals surface area contributed by atoms with Crippen LogP contribution in [0.1, 0.15) is 59.8 Å². The Morgan fingerprint density at radius 2 is 1.96 bits per heavy atom. The van der Waals surface area contributed by atoms with Gasteiger partial charge in [-0.2, -0.15) is 0 Å². The van der Waals surface area contributed by atoms with Gasteiger partial charge >= 0.3 is 5.97 Å². The summed E-state index contributed by atoms with van der Waals surface area (Å²) in [5.74, 6) is -0.288. The van der Waals surface area contributed by atoms with E-state index in [0.29, 0.717) is 12.8 Å². The van der Waals surface area contributed by atoms with Gasteiger partial charge in [0.15, 0.2) is 0 Å². The van der Waals surface area contributed by atoms with Crippen LogP contribution in [0, 0.1) is 34.5 Å². The number of carbonyl (C=O) groups is 2. The molecule has 3 rings (SSSR count). The number of ether oxygens (including phenoxy) is 1. The standard InChI is InChI=1S/C20H32O5/c1-11-9-15(25-16(23)10-21)19(4)12(2)5-7-20(13(3)17(11)24)8-6-14(22)18(19)20/h11-13,15,17-18,21,24H,5-10H2,1-4H3. The Morgan fingerprint density at radius 3 is 2.60 bits per heavy atom. The predicted molar refractivity (Wildman–Crippen MR) is 92.6 cm³/mol. The van der Waals surface area contributed by atoms with Crippen LogP contribution in [0.15, 0.2) is 0 Å². The summed E-state index contributed by atoms with van der Waals surface area (Å²) in [6, 6.07) is 0. The lowest BCUT2D eigenvalue weighted by Crippen LogP contribution is -2.61. The predicted octanol–water partition coefficient (Wildman–Crippen LogP) is 2.33. The number of Topliss-reactive ketones (excluding diaryl/α,β-unsaturated/α-hetero) is 1. The van der Waals surface area contributed by atoms with Crippen molar-refractivity contribution in [2.24, 2.45) is 34.5 Å². The fourth-order valence-electron chi connectivity index (χ4n) is 6.44. The maximum Gasteiger partial charge on any atom is 0.332 e. The number of aliphatic hydroxyl groups excluding tert-OH is 2. The molecule has 0 spiro atoms. The Balaban J connectivity index is 2.13. The molecule has 5 heteroatoms. The van der Waals surface area contributed by atoms with Crippen molar-refractivity contribution in [1.82, 2.24) is 0 Å². The number of aliphatic hydroxyl groups is 2. The summed E-state index contributed by atoms with van der Waals surface area (Å²) < 4.78 is 5.69. The third-order valence-electron chi connectivity index (χ3n) is 8.14. The van der Waals surface area contributed by atoms with Crippen molar-refractivity contribution in [3.63, 3.8) is 0 Å². The van der Waals surface area contributed by atoms with Gasteiger partial charge < -0.3 is 14.9 Å². The highest BCUT2D eigenvalue weighted by molar-refractivity contribution is 5.85. The molecule has 0 amide bonds.